The molecule has 2 nitrogen and oxygen atoms in total. The van der Waals surface area contributed by atoms with E-state index in [0.29, 0.717) is 5.92 Å². The first kappa shape index (κ1) is 11.6. The molecule has 3 unspecified atom stereocenters. The molecule has 1 aliphatic rings. The van der Waals surface area contributed by atoms with Gasteiger partial charge in [-0.2, -0.15) is 0 Å². The molecule has 0 saturated heterocycles. The van der Waals surface area contributed by atoms with E-state index >= 15 is 0 Å². The van der Waals surface area contributed by atoms with Crippen LogP contribution < -0.4 is 5.73 Å². The number of aliphatic hydroxyl groups is 1. The van der Waals surface area contributed by atoms with Crippen molar-refractivity contribution in [3.05, 3.63) is 35.9 Å². The van der Waals surface area contributed by atoms with E-state index < -0.39 is 0 Å². The maximum atomic E-state index is 9.36. The minimum Gasteiger partial charge on any atom is -0.502 e. The van der Waals surface area contributed by atoms with E-state index in [1.54, 1.807) is 0 Å². The van der Waals surface area contributed by atoms with Crippen LogP contribution >= 0.6 is 12.2 Å². The van der Waals surface area contributed by atoms with Crippen LogP contribution in [0.1, 0.15) is 30.7 Å². The lowest BCUT2D eigenvalue weighted by Gasteiger charge is -2.32. The SMILES string of the molecule is NC1CC(c2ccccc2)CCC1C(O)=S. The summed E-state index contributed by atoms with van der Waals surface area (Å²) in [4.78, 5) is 0. The van der Waals surface area contributed by atoms with E-state index in [4.69, 9.17) is 18.0 Å². The number of rotatable bonds is 2. The fourth-order valence-corrected chi connectivity index (χ4v) is 2.83. The largest absolute Gasteiger partial charge is 0.502 e. The molecule has 1 saturated carbocycles. The summed E-state index contributed by atoms with van der Waals surface area (Å²) in [5.74, 6) is 0.525. The zero-order chi connectivity index (χ0) is 11.5. The highest BCUT2D eigenvalue weighted by Crippen LogP contribution is 2.35. The first-order chi connectivity index (χ1) is 7.68. The van der Waals surface area contributed by atoms with E-state index in [1.165, 1.54) is 5.56 Å². The molecule has 16 heavy (non-hydrogen) atoms. The van der Waals surface area contributed by atoms with Gasteiger partial charge < -0.3 is 10.8 Å². The average molecular weight is 235 g/mol. The normalized spacial score (nSPS) is 29.9. The highest BCUT2D eigenvalue weighted by Gasteiger charge is 2.31. The maximum Gasteiger partial charge on any atom is 0.161 e. The smallest absolute Gasteiger partial charge is 0.161 e. The Labute approximate surface area is 101 Å². The van der Waals surface area contributed by atoms with Gasteiger partial charge in [-0.25, -0.2) is 0 Å². The summed E-state index contributed by atoms with van der Waals surface area (Å²) < 4.78 is 0. The van der Waals surface area contributed by atoms with Crippen LogP contribution in [-0.2, 0) is 0 Å². The number of hydrogen-bond donors (Lipinski definition) is 2. The molecule has 0 spiro atoms. The van der Waals surface area contributed by atoms with E-state index in [0.717, 1.165) is 19.3 Å². The second-order valence-corrected chi connectivity index (χ2v) is 4.95. The van der Waals surface area contributed by atoms with Gasteiger partial charge in [0.05, 0.1) is 0 Å². The fraction of sp³-hybridized carbons (Fsp3) is 0.462. The van der Waals surface area contributed by atoms with Gasteiger partial charge in [0.15, 0.2) is 5.05 Å². The van der Waals surface area contributed by atoms with Gasteiger partial charge in [-0.05, 0) is 43.0 Å². The van der Waals surface area contributed by atoms with Crippen LogP contribution in [-0.4, -0.2) is 16.2 Å². The number of thiocarbonyl (C=S) groups is 1. The molecule has 1 aliphatic carbocycles. The molecule has 0 amide bonds. The molecule has 1 fully saturated rings. The zero-order valence-electron chi connectivity index (χ0n) is 9.17. The highest BCUT2D eigenvalue weighted by atomic mass is 32.1. The second kappa shape index (κ2) is 4.93. The van der Waals surface area contributed by atoms with Gasteiger partial charge in [0.1, 0.15) is 0 Å². The molecule has 3 heteroatoms. The Morgan fingerprint density at radius 2 is 1.94 bits per heavy atom. The minimum atomic E-state index is -0.00328. The van der Waals surface area contributed by atoms with Crippen molar-refractivity contribution in [2.75, 3.05) is 0 Å². The fourth-order valence-electron chi connectivity index (χ4n) is 2.54. The molecular formula is C13H17NOS. The summed E-state index contributed by atoms with van der Waals surface area (Å²) in [5, 5.41) is 9.44. The Balaban J connectivity index is 2.05. The minimum absolute atomic E-state index is 0.00328. The number of hydrogen-bond acceptors (Lipinski definition) is 2. The number of aliphatic hydroxyl groups excluding tert-OH is 1. The molecule has 3 atom stereocenters. The average Bonchev–Trinajstić information content (AvgIpc) is 2.29. The van der Waals surface area contributed by atoms with E-state index in [-0.39, 0.29) is 17.0 Å². The standard InChI is InChI=1S/C13H17NOS/c14-12-8-10(6-7-11(12)13(15)16)9-4-2-1-3-5-9/h1-5,10-12H,6-8,14H2,(H,15,16). The molecule has 1 aromatic rings. The van der Waals surface area contributed by atoms with Crippen LogP contribution in [0.4, 0.5) is 0 Å². The summed E-state index contributed by atoms with van der Waals surface area (Å²) in [6.45, 7) is 0. The Hall–Kier alpha value is -0.930. The Morgan fingerprint density at radius 3 is 2.50 bits per heavy atom. The summed E-state index contributed by atoms with van der Waals surface area (Å²) in [6, 6.07) is 10.4. The monoisotopic (exact) mass is 235 g/mol. The summed E-state index contributed by atoms with van der Waals surface area (Å²) >= 11 is 4.82. The second-order valence-electron chi connectivity index (χ2n) is 4.53. The van der Waals surface area contributed by atoms with Gasteiger partial charge in [0.25, 0.3) is 0 Å². The van der Waals surface area contributed by atoms with E-state index in [2.05, 4.69) is 24.3 Å². The first-order valence-electron chi connectivity index (χ1n) is 5.72. The van der Waals surface area contributed by atoms with Crippen LogP contribution in [0, 0.1) is 5.92 Å². The molecule has 0 radical (unpaired) electrons. The van der Waals surface area contributed by atoms with Crippen molar-refractivity contribution in [1.29, 1.82) is 0 Å². The zero-order valence-corrected chi connectivity index (χ0v) is 9.99. The summed E-state index contributed by atoms with van der Waals surface area (Å²) in [7, 11) is 0. The molecule has 2 rings (SSSR count). The molecular weight excluding hydrogens is 218 g/mol. The summed E-state index contributed by atoms with van der Waals surface area (Å²) in [6.07, 6.45) is 2.87. The van der Waals surface area contributed by atoms with E-state index in [1.807, 2.05) is 6.07 Å². The van der Waals surface area contributed by atoms with Crippen molar-refractivity contribution in [3.63, 3.8) is 0 Å². The van der Waals surface area contributed by atoms with Crippen LogP contribution in [0.15, 0.2) is 30.3 Å². The van der Waals surface area contributed by atoms with Gasteiger partial charge in [0, 0.05) is 12.0 Å². The van der Waals surface area contributed by atoms with E-state index in [9.17, 15) is 5.11 Å². The predicted octanol–water partition coefficient (Wildman–Crippen LogP) is 2.78. The molecule has 1 aromatic carbocycles. The van der Waals surface area contributed by atoms with Crippen molar-refractivity contribution < 1.29 is 5.11 Å². The molecule has 0 aromatic heterocycles. The third-order valence-electron chi connectivity index (χ3n) is 3.49. The summed E-state index contributed by atoms with van der Waals surface area (Å²) in [5.41, 5.74) is 7.41. The predicted molar refractivity (Wildman–Crippen MR) is 69.7 cm³/mol. The number of benzene rings is 1. The van der Waals surface area contributed by atoms with Gasteiger partial charge in [-0.15, -0.1) is 0 Å². The third kappa shape index (κ3) is 2.42. The molecule has 0 aliphatic heterocycles. The van der Waals surface area contributed by atoms with Crippen molar-refractivity contribution in [1.82, 2.24) is 0 Å². The Kier molecular flexibility index (Phi) is 3.56. The van der Waals surface area contributed by atoms with Crippen molar-refractivity contribution in [2.45, 2.75) is 31.2 Å². The Bertz CT molecular complexity index is 365. The van der Waals surface area contributed by atoms with Crippen LogP contribution in [0.5, 0.6) is 0 Å². The highest BCUT2D eigenvalue weighted by molar-refractivity contribution is 7.80. The molecule has 86 valence electrons. The van der Waals surface area contributed by atoms with Gasteiger partial charge >= 0.3 is 0 Å². The number of nitrogens with two attached hydrogens (primary N) is 1. The molecule has 3 N–H and O–H groups in total. The maximum absolute atomic E-state index is 9.36. The van der Waals surface area contributed by atoms with Crippen LogP contribution in [0.2, 0.25) is 0 Å². The van der Waals surface area contributed by atoms with Crippen molar-refractivity contribution in [3.8, 4) is 0 Å². The molecule has 0 heterocycles. The van der Waals surface area contributed by atoms with Gasteiger partial charge in [0.2, 0.25) is 0 Å². The van der Waals surface area contributed by atoms with Crippen molar-refractivity contribution in [2.24, 2.45) is 11.7 Å². The third-order valence-corrected chi connectivity index (χ3v) is 3.79. The molecule has 0 bridgehead atoms. The van der Waals surface area contributed by atoms with Gasteiger partial charge in [-0.1, -0.05) is 30.3 Å². The van der Waals surface area contributed by atoms with Crippen LogP contribution in [0.25, 0.3) is 0 Å². The van der Waals surface area contributed by atoms with Crippen molar-refractivity contribution >= 4 is 17.3 Å². The lowest BCUT2D eigenvalue weighted by molar-refractivity contribution is 0.317. The lowest BCUT2D eigenvalue weighted by atomic mass is 9.76. The topological polar surface area (TPSA) is 46.2 Å². The van der Waals surface area contributed by atoms with Gasteiger partial charge in [-0.3, -0.25) is 0 Å². The van der Waals surface area contributed by atoms with Crippen LogP contribution in [0.3, 0.4) is 0 Å². The first-order valence-corrected chi connectivity index (χ1v) is 6.12. The quantitative estimate of drug-likeness (QED) is 0.775. The Morgan fingerprint density at radius 1 is 1.25 bits per heavy atom. The lowest BCUT2D eigenvalue weighted by Crippen LogP contribution is -2.39.